The molecule has 94 valence electrons. The van der Waals surface area contributed by atoms with Gasteiger partial charge < -0.3 is 4.74 Å². The summed E-state index contributed by atoms with van der Waals surface area (Å²) in [7, 11) is 0. The summed E-state index contributed by atoms with van der Waals surface area (Å²) in [4.78, 5) is 22.0. The number of carbonyl (C=O) groups excluding carboxylic acids is 1. The lowest BCUT2D eigenvalue weighted by Crippen LogP contribution is -2.12. The highest BCUT2D eigenvalue weighted by Gasteiger charge is 2.28. The molecule has 0 aliphatic rings. The summed E-state index contributed by atoms with van der Waals surface area (Å²) in [5, 5.41) is 19.9. The first-order valence-corrected chi connectivity index (χ1v) is 5.53. The fourth-order valence-corrected chi connectivity index (χ4v) is 1.67. The van der Waals surface area contributed by atoms with Gasteiger partial charge in [0.25, 0.3) is 5.69 Å². The van der Waals surface area contributed by atoms with Crippen molar-refractivity contribution < 1.29 is 14.5 Å². The van der Waals surface area contributed by atoms with Crippen molar-refractivity contribution in [3.05, 3.63) is 38.9 Å². The van der Waals surface area contributed by atoms with Crippen molar-refractivity contribution in [1.29, 1.82) is 5.26 Å². The molecule has 0 saturated heterocycles. The maximum Gasteiger partial charge on any atom is 0.346 e. The number of nitro benzene ring substituents is 1. The van der Waals surface area contributed by atoms with Gasteiger partial charge in [0.2, 0.25) is 0 Å². The van der Waals surface area contributed by atoms with E-state index < -0.39 is 16.6 Å². The molecule has 0 aliphatic heterocycles. The molecule has 0 bridgehead atoms. The largest absolute Gasteiger partial charge is 0.462 e. The smallest absolute Gasteiger partial charge is 0.346 e. The van der Waals surface area contributed by atoms with Crippen LogP contribution in [-0.4, -0.2) is 17.5 Å². The summed E-state index contributed by atoms with van der Waals surface area (Å²) in [6, 6.07) is 4.40. The molecule has 0 aromatic heterocycles. The Hall–Kier alpha value is -2.13. The number of halogens is 1. The van der Waals surface area contributed by atoms with E-state index in [0.29, 0.717) is 0 Å². The van der Waals surface area contributed by atoms with Gasteiger partial charge in [-0.3, -0.25) is 10.1 Å². The molecule has 1 aromatic rings. The lowest BCUT2D eigenvalue weighted by Gasteiger charge is -2.07. The third kappa shape index (κ3) is 2.57. The van der Waals surface area contributed by atoms with E-state index in [1.165, 1.54) is 12.1 Å². The van der Waals surface area contributed by atoms with E-state index in [9.17, 15) is 14.9 Å². The molecular formula is C11H9ClN2O4. The number of ether oxygens (including phenoxy) is 1. The summed E-state index contributed by atoms with van der Waals surface area (Å²) in [6.45, 7) is 1.63. The van der Waals surface area contributed by atoms with E-state index >= 15 is 0 Å². The summed E-state index contributed by atoms with van der Waals surface area (Å²) >= 11 is 5.59. The first-order valence-electron chi connectivity index (χ1n) is 5.00. The third-order valence-electron chi connectivity index (χ3n) is 2.19. The average molecular weight is 269 g/mol. The fraction of sp³-hybridized carbons (Fsp3) is 0.273. The zero-order valence-electron chi connectivity index (χ0n) is 9.47. The zero-order valence-corrected chi connectivity index (χ0v) is 10.2. The van der Waals surface area contributed by atoms with E-state index in [-0.39, 0.29) is 29.2 Å². The van der Waals surface area contributed by atoms with Gasteiger partial charge in [-0.2, -0.15) is 5.26 Å². The Morgan fingerprint density at radius 1 is 1.61 bits per heavy atom. The highest BCUT2D eigenvalue weighted by molar-refractivity contribution is 6.17. The van der Waals surface area contributed by atoms with E-state index in [1.807, 2.05) is 0 Å². The van der Waals surface area contributed by atoms with Crippen LogP contribution in [0.2, 0.25) is 0 Å². The maximum absolute atomic E-state index is 11.7. The minimum atomic E-state index is -0.896. The van der Waals surface area contributed by atoms with E-state index in [4.69, 9.17) is 21.6 Å². The molecule has 0 radical (unpaired) electrons. The van der Waals surface area contributed by atoms with Gasteiger partial charge in [0.15, 0.2) is 5.56 Å². The number of alkyl halides is 1. The monoisotopic (exact) mass is 268 g/mol. The van der Waals surface area contributed by atoms with Crippen LogP contribution in [-0.2, 0) is 10.6 Å². The van der Waals surface area contributed by atoms with Gasteiger partial charge in [-0.1, -0.05) is 0 Å². The topological polar surface area (TPSA) is 93.2 Å². The molecule has 1 aromatic carbocycles. The first kappa shape index (κ1) is 13.9. The van der Waals surface area contributed by atoms with Crippen molar-refractivity contribution in [2.75, 3.05) is 6.61 Å². The molecule has 0 unspecified atom stereocenters. The molecule has 0 heterocycles. The Morgan fingerprint density at radius 2 is 2.28 bits per heavy atom. The lowest BCUT2D eigenvalue weighted by molar-refractivity contribution is -0.385. The van der Waals surface area contributed by atoms with Crippen LogP contribution in [0, 0.1) is 21.4 Å². The Balaban J connectivity index is 3.56. The van der Waals surface area contributed by atoms with Gasteiger partial charge in [-0.05, 0) is 19.1 Å². The molecule has 18 heavy (non-hydrogen) atoms. The Bertz CT molecular complexity index is 537. The quantitative estimate of drug-likeness (QED) is 0.362. The van der Waals surface area contributed by atoms with Crippen LogP contribution in [0.3, 0.4) is 0 Å². The van der Waals surface area contributed by atoms with Gasteiger partial charge in [-0.25, -0.2) is 4.79 Å². The van der Waals surface area contributed by atoms with Crippen LogP contribution in [0.5, 0.6) is 0 Å². The lowest BCUT2D eigenvalue weighted by atomic mass is 10.0. The minimum absolute atomic E-state index is 0.0615. The molecule has 0 spiro atoms. The average Bonchev–Trinajstić information content (AvgIpc) is 2.36. The van der Waals surface area contributed by atoms with Gasteiger partial charge in [0.05, 0.1) is 23.0 Å². The third-order valence-corrected chi connectivity index (χ3v) is 2.48. The van der Waals surface area contributed by atoms with Gasteiger partial charge in [0.1, 0.15) is 6.07 Å². The second-order valence-electron chi connectivity index (χ2n) is 3.22. The van der Waals surface area contributed by atoms with Crippen LogP contribution in [0.25, 0.3) is 0 Å². The van der Waals surface area contributed by atoms with Crippen LogP contribution < -0.4 is 0 Å². The Morgan fingerprint density at radius 3 is 2.72 bits per heavy atom. The van der Waals surface area contributed by atoms with Crippen LogP contribution in [0.4, 0.5) is 5.69 Å². The molecule has 0 saturated carbocycles. The number of nitrogens with zero attached hydrogens (tertiary/aromatic N) is 2. The molecule has 0 atom stereocenters. The number of esters is 1. The molecule has 6 nitrogen and oxygen atoms in total. The van der Waals surface area contributed by atoms with Crippen molar-refractivity contribution in [1.82, 2.24) is 0 Å². The second kappa shape index (κ2) is 5.98. The Labute approximate surface area is 108 Å². The molecule has 0 amide bonds. The second-order valence-corrected chi connectivity index (χ2v) is 3.49. The summed E-state index contributed by atoms with van der Waals surface area (Å²) < 4.78 is 4.72. The number of nitriles is 1. The normalized spacial score (nSPS) is 9.61. The zero-order chi connectivity index (χ0) is 13.7. The van der Waals surface area contributed by atoms with Crippen LogP contribution in [0.1, 0.15) is 28.4 Å². The Kier molecular flexibility index (Phi) is 4.63. The van der Waals surface area contributed by atoms with Gasteiger partial charge >= 0.3 is 5.97 Å². The molecule has 0 aliphatic carbocycles. The molecule has 1 rings (SSSR count). The molecular weight excluding hydrogens is 260 g/mol. The molecule has 7 heteroatoms. The standard InChI is InChI=1S/C11H9ClN2O4/c1-2-18-11(15)9-8(6-13)4-3-7(5-12)10(9)14(16)17/h3-4H,2,5H2,1H3. The number of benzene rings is 1. The van der Waals surface area contributed by atoms with Gasteiger partial charge in [0, 0.05) is 5.56 Å². The highest BCUT2D eigenvalue weighted by Crippen LogP contribution is 2.29. The van der Waals surface area contributed by atoms with E-state index in [2.05, 4.69) is 0 Å². The number of hydrogen-bond donors (Lipinski definition) is 0. The van der Waals surface area contributed by atoms with Crippen molar-refractivity contribution in [2.45, 2.75) is 12.8 Å². The fourth-order valence-electron chi connectivity index (χ4n) is 1.45. The maximum atomic E-state index is 11.7. The van der Waals surface area contributed by atoms with Crippen molar-refractivity contribution >= 4 is 23.3 Å². The SMILES string of the molecule is CCOC(=O)c1c(C#N)ccc(CCl)c1[N+](=O)[O-]. The van der Waals surface area contributed by atoms with E-state index in [1.54, 1.807) is 13.0 Å². The summed E-state index contributed by atoms with van der Waals surface area (Å²) in [5.74, 6) is -1.03. The summed E-state index contributed by atoms with van der Waals surface area (Å²) in [5.41, 5.74) is -0.747. The minimum Gasteiger partial charge on any atom is -0.462 e. The molecule has 0 N–H and O–H groups in total. The first-order chi connectivity index (χ1) is 8.56. The van der Waals surface area contributed by atoms with Crippen molar-refractivity contribution in [3.8, 4) is 6.07 Å². The predicted molar refractivity (Wildman–Crippen MR) is 63.3 cm³/mol. The number of nitro groups is 1. The van der Waals surface area contributed by atoms with E-state index in [0.717, 1.165) is 0 Å². The highest BCUT2D eigenvalue weighted by atomic mass is 35.5. The predicted octanol–water partition coefficient (Wildman–Crippen LogP) is 2.38. The molecule has 0 fully saturated rings. The summed E-state index contributed by atoms with van der Waals surface area (Å²) in [6.07, 6.45) is 0. The van der Waals surface area contributed by atoms with Crippen LogP contribution >= 0.6 is 11.6 Å². The van der Waals surface area contributed by atoms with Gasteiger partial charge in [-0.15, -0.1) is 11.6 Å². The number of hydrogen-bond acceptors (Lipinski definition) is 5. The number of carbonyl (C=O) groups is 1. The number of rotatable bonds is 4. The van der Waals surface area contributed by atoms with Crippen molar-refractivity contribution in [3.63, 3.8) is 0 Å². The van der Waals surface area contributed by atoms with Crippen LogP contribution in [0.15, 0.2) is 12.1 Å². The van der Waals surface area contributed by atoms with Crippen molar-refractivity contribution in [2.24, 2.45) is 0 Å².